The molecule has 0 saturated heterocycles. The Bertz CT molecular complexity index is 593. The van der Waals surface area contributed by atoms with Gasteiger partial charge in [0.15, 0.2) is 5.03 Å². The maximum atomic E-state index is 10.3. The molecule has 0 unspecified atom stereocenters. The Balaban J connectivity index is 2.14. The molecule has 2 rings (SSSR count). The molecule has 2 aromatic heterocycles. The van der Waals surface area contributed by atoms with Gasteiger partial charge in [-0.2, -0.15) is 0 Å². The highest BCUT2D eigenvalue weighted by molar-refractivity contribution is 8.13. The molecule has 2 heterocycles. The number of aryl methyl sites for hydroxylation is 1. The molecule has 6 nitrogen and oxygen atoms in total. The first-order valence-corrected chi connectivity index (χ1v) is 6.60. The number of nitro groups is 1. The summed E-state index contributed by atoms with van der Waals surface area (Å²) >= 11 is 1.31. The molecule has 0 saturated carbocycles. The van der Waals surface area contributed by atoms with Crippen LogP contribution >= 0.6 is 11.8 Å². The zero-order chi connectivity index (χ0) is 13.0. The number of thioether (sulfide) groups is 1. The van der Waals surface area contributed by atoms with Gasteiger partial charge in [0.05, 0.1) is 5.10 Å². The summed E-state index contributed by atoms with van der Waals surface area (Å²) in [6.07, 6.45) is 6.64. The predicted octanol–water partition coefficient (Wildman–Crippen LogP) is 2.45. The van der Waals surface area contributed by atoms with E-state index in [1.54, 1.807) is 12.5 Å². The number of nitrogens with one attached hydrogen (secondary N) is 1. The van der Waals surface area contributed by atoms with Crippen molar-refractivity contribution in [2.24, 2.45) is 5.10 Å². The van der Waals surface area contributed by atoms with Gasteiger partial charge >= 0.3 is 0 Å². The van der Waals surface area contributed by atoms with E-state index in [0.717, 1.165) is 16.6 Å². The summed E-state index contributed by atoms with van der Waals surface area (Å²) in [5.74, 6) is 0. The van der Waals surface area contributed by atoms with Gasteiger partial charge in [-0.25, -0.2) is 15.1 Å². The number of hydrogen-bond acceptors (Lipinski definition) is 4. The molecule has 2 aromatic rings. The van der Waals surface area contributed by atoms with Gasteiger partial charge in [0.2, 0.25) is 0 Å². The summed E-state index contributed by atoms with van der Waals surface area (Å²) in [6.45, 7) is 0. The number of hydrazone groups is 1. The maximum absolute atomic E-state index is 10.3. The minimum atomic E-state index is -0.649. The molecule has 94 valence electrons. The van der Waals surface area contributed by atoms with Crippen molar-refractivity contribution in [1.82, 2.24) is 9.97 Å². The highest BCUT2D eigenvalue weighted by Crippen LogP contribution is 2.18. The van der Waals surface area contributed by atoms with E-state index in [1.807, 2.05) is 18.3 Å². The van der Waals surface area contributed by atoms with Crippen molar-refractivity contribution in [3.8, 4) is 0 Å². The van der Waals surface area contributed by atoms with Crippen molar-refractivity contribution in [3.05, 3.63) is 40.2 Å². The first kappa shape index (κ1) is 12.6. The van der Waals surface area contributed by atoms with Crippen LogP contribution in [0.4, 0.5) is 0 Å². The van der Waals surface area contributed by atoms with Crippen LogP contribution in [0.5, 0.6) is 0 Å². The van der Waals surface area contributed by atoms with Crippen LogP contribution in [0.25, 0.3) is 11.0 Å². The fourth-order valence-electron chi connectivity index (χ4n) is 1.76. The Morgan fingerprint density at radius 3 is 3.17 bits per heavy atom. The lowest BCUT2D eigenvalue weighted by molar-refractivity contribution is -0.484. The summed E-state index contributed by atoms with van der Waals surface area (Å²) in [6, 6.07) is 3.89. The fraction of sp³-hybridized carbons (Fsp3) is 0.273. The third-order valence-electron chi connectivity index (χ3n) is 2.59. The summed E-state index contributed by atoms with van der Waals surface area (Å²) in [5, 5.41) is 14.6. The van der Waals surface area contributed by atoms with Crippen molar-refractivity contribution in [2.75, 3.05) is 6.26 Å². The number of H-pyrrole nitrogens is 1. The lowest BCUT2D eigenvalue weighted by Gasteiger charge is -2.02. The van der Waals surface area contributed by atoms with Gasteiger partial charge in [-0.1, -0.05) is 0 Å². The number of fused-ring (bicyclic) bond motifs is 1. The molecule has 0 spiro atoms. The topological polar surface area (TPSA) is 84.2 Å². The number of hydrogen-bond donors (Lipinski definition) is 1. The summed E-state index contributed by atoms with van der Waals surface area (Å²) in [4.78, 5) is 17.6. The van der Waals surface area contributed by atoms with Gasteiger partial charge in [0, 0.05) is 24.2 Å². The second kappa shape index (κ2) is 5.63. The molecule has 0 aliphatic heterocycles. The second-order valence-corrected chi connectivity index (χ2v) is 4.53. The first-order valence-electron chi connectivity index (χ1n) is 5.37. The highest BCUT2D eigenvalue weighted by atomic mass is 32.2. The molecule has 0 aromatic carbocycles. The van der Waals surface area contributed by atoms with Crippen molar-refractivity contribution in [3.63, 3.8) is 0 Å². The van der Waals surface area contributed by atoms with Crippen LogP contribution < -0.4 is 0 Å². The van der Waals surface area contributed by atoms with E-state index in [-0.39, 0.29) is 0 Å². The van der Waals surface area contributed by atoms with Gasteiger partial charge in [-0.3, -0.25) is 0 Å². The number of aromatic nitrogens is 2. The Morgan fingerprint density at radius 1 is 1.61 bits per heavy atom. The van der Waals surface area contributed by atoms with E-state index in [0.29, 0.717) is 17.9 Å². The second-order valence-electron chi connectivity index (χ2n) is 3.65. The molecule has 0 fully saturated rings. The van der Waals surface area contributed by atoms with E-state index in [4.69, 9.17) is 0 Å². The lowest BCUT2D eigenvalue weighted by Crippen LogP contribution is -2.00. The molecule has 0 radical (unpaired) electrons. The summed E-state index contributed by atoms with van der Waals surface area (Å²) in [5.41, 5.74) is 1.95. The molecule has 1 N–H and O–H groups in total. The third kappa shape index (κ3) is 2.86. The normalized spacial score (nSPS) is 11.9. The molecular formula is C11H12N4O2S. The average Bonchev–Trinajstić information content (AvgIpc) is 2.82. The van der Waals surface area contributed by atoms with Crippen LogP contribution in [-0.2, 0) is 6.42 Å². The van der Waals surface area contributed by atoms with Crippen molar-refractivity contribution in [1.29, 1.82) is 0 Å². The molecule has 0 atom stereocenters. The van der Waals surface area contributed by atoms with E-state index in [1.165, 1.54) is 11.8 Å². The lowest BCUT2D eigenvalue weighted by atomic mass is 10.1. The Kier molecular flexibility index (Phi) is 3.93. The molecule has 18 heavy (non-hydrogen) atoms. The molecular weight excluding hydrogens is 252 g/mol. The standard InChI is InChI=1S/C11H12N4O2S/c1-18-10(14-15(16)17)3-2-8-4-6-12-11-9(8)5-7-13-11/h4-7H,2-3H2,1H3,(H,12,13)/b14-10-. The van der Waals surface area contributed by atoms with Crippen molar-refractivity contribution in [2.45, 2.75) is 12.8 Å². The van der Waals surface area contributed by atoms with Gasteiger partial charge in [-0.15, -0.1) is 11.8 Å². The predicted molar refractivity (Wildman–Crippen MR) is 72.4 cm³/mol. The Morgan fingerprint density at radius 2 is 2.44 bits per heavy atom. The smallest absolute Gasteiger partial charge is 0.191 e. The van der Waals surface area contributed by atoms with Crippen LogP contribution in [0.3, 0.4) is 0 Å². The molecule has 0 amide bonds. The van der Waals surface area contributed by atoms with Crippen LogP contribution in [0, 0.1) is 10.1 Å². The van der Waals surface area contributed by atoms with Crippen LogP contribution in [0.1, 0.15) is 12.0 Å². The fourth-order valence-corrected chi connectivity index (χ4v) is 2.22. The minimum absolute atomic E-state index is 0.528. The molecule has 0 bridgehead atoms. The van der Waals surface area contributed by atoms with E-state index in [2.05, 4.69) is 15.1 Å². The van der Waals surface area contributed by atoms with Crippen molar-refractivity contribution >= 4 is 27.8 Å². The monoisotopic (exact) mass is 264 g/mol. The van der Waals surface area contributed by atoms with Gasteiger partial charge < -0.3 is 4.98 Å². The minimum Gasteiger partial charge on any atom is -0.346 e. The number of pyridine rings is 1. The van der Waals surface area contributed by atoms with E-state index >= 15 is 0 Å². The number of aromatic amines is 1. The number of rotatable bonds is 4. The Hall–Kier alpha value is -1.89. The van der Waals surface area contributed by atoms with E-state index in [9.17, 15) is 10.1 Å². The molecule has 0 aliphatic carbocycles. The molecule has 0 aliphatic rings. The zero-order valence-corrected chi connectivity index (χ0v) is 10.6. The van der Waals surface area contributed by atoms with Crippen molar-refractivity contribution < 1.29 is 5.03 Å². The average molecular weight is 264 g/mol. The van der Waals surface area contributed by atoms with Crippen LogP contribution in [-0.4, -0.2) is 26.3 Å². The van der Waals surface area contributed by atoms with Crippen LogP contribution in [0.2, 0.25) is 0 Å². The van der Waals surface area contributed by atoms with Crippen LogP contribution in [0.15, 0.2) is 29.6 Å². The largest absolute Gasteiger partial charge is 0.346 e. The SMILES string of the molecule is CS/C(CCc1ccnc2[nH]ccc12)=N\[N+](=O)[O-]. The number of nitrogens with zero attached hydrogens (tertiary/aromatic N) is 3. The molecule has 7 heteroatoms. The first-order chi connectivity index (χ1) is 8.70. The van der Waals surface area contributed by atoms with Gasteiger partial charge in [-0.05, 0) is 30.4 Å². The third-order valence-corrected chi connectivity index (χ3v) is 3.34. The maximum Gasteiger partial charge on any atom is 0.191 e. The zero-order valence-electron chi connectivity index (χ0n) is 9.79. The van der Waals surface area contributed by atoms with Gasteiger partial charge in [0.25, 0.3) is 0 Å². The van der Waals surface area contributed by atoms with Gasteiger partial charge in [0.1, 0.15) is 10.7 Å². The van der Waals surface area contributed by atoms with E-state index < -0.39 is 5.03 Å². The summed E-state index contributed by atoms with van der Waals surface area (Å²) in [7, 11) is 0. The Labute approximate surface area is 108 Å². The quantitative estimate of drug-likeness (QED) is 0.398. The highest BCUT2D eigenvalue weighted by Gasteiger charge is 2.07. The summed E-state index contributed by atoms with van der Waals surface area (Å²) < 4.78 is 0.